The van der Waals surface area contributed by atoms with E-state index in [4.69, 9.17) is 0 Å². The third kappa shape index (κ3) is 5.47. The molecule has 1 heterocycles. The van der Waals surface area contributed by atoms with Gasteiger partial charge in [0.05, 0.1) is 0 Å². The van der Waals surface area contributed by atoms with Gasteiger partial charge >= 0.3 is 0 Å². The molecule has 1 aromatic heterocycles. The topological polar surface area (TPSA) is 12.0 Å². The second-order valence-electron chi connectivity index (χ2n) is 4.43. The molecular formula is C14H23NS. The molecule has 0 aliphatic heterocycles. The van der Waals surface area contributed by atoms with Gasteiger partial charge in [-0.2, -0.15) is 0 Å². The van der Waals surface area contributed by atoms with Crippen LogP contribution in [-0.2, 0) is 6.42 Å². The third-order valence-electron chi connectivity index (χ3n) is 2.63. The molecule has 0 aliphatic rings. The number of allylic oxidation sites excluding steroid dienone is 1. The van der Waals surface area contributed by atoms with Crippen LogP contribution in [0.5, 0.6) is 0 Å². The fraction of sp³-hybridized carbons (Fsp3) is 0.571. The van der Waals surface area contributed by atoms with Crippen LogP contribution in [0, 0.1) is 0 Å². The first-order valence-corrected chi connectivity index (χ1v) is 7.00. The summed E-state index contributed by atoms with van der Waals surface area (Å²) in [4.78, 5) is 1.48. The number of thiophene rings is 1. The molecule has 0 aliphatic carbocycles. The fourth-order valence-electron chi connectivity index (χ4n) is 1.72. The highest BCUT2D eigenvalue weighted by atomic mass is 32.1. The quantitative estimate of drug-likeness (QED) is 0.674. The Morgan fingerprint density at radius 2 is 2.38 bits per heavy atom. The number of nitrogens with one attached hydrogen (secondary N) is 1. The van der Waals surface area contributed by atoms with Crippen LogP contribution in [0.15, 0.2) is 29.7 Å². The standard InChI is InChI=1S/C14H23NS/c1-4-9-15-13(8-7-12(2)3)11-14-6-5-10-16-14/h5-6,10,13,15H,2,4,7-9,11H2,1,3H3. The maximum atomic E-state index is 3.98. The fourth-order valence-corrected chi connectivity index (χ4v) is 2.50. The molecule has 0 saturated carbocycles. The molecule has 0 bridgehead atoms. The highest BCUT2D eigenvalue weighted by Gasteiger charge is 2.09. The molecule has 1 N–H and O–H groups in total. The predicted octanol–water partition coefficient (Wildman–Crippen LogP) is 4.02. The average Bonchev–Trinajstić information content (AvgIpc) is 2.74. The second-order valence-corrected chi connectivity index (χ2v) is 5.46. The molecule has 16 heavy (non-hydrogen) atoms. The smallest absolute Gasteiger partial charge is 0.0118 e. The van der Waals surface area contributed by atoms with E-state index in [2.05, 4.69) is 43.3 Å². The van der Waals surface area contributed by atoms with Gasteiger partial charge in [0.25, 0.3) is 0 Å². The van der Waals surface area contributed by atoms with Crippen LogP contribution in [0.4, 0.5) is 0 Å². The maximum Gasteiger partial charge on any atom is 0.0118 e. The lowest BCUT2D eigenvalue weighted by Crippen LogP contribution is -2.31. The maximum absolute atomic E-state index is 3.98. The summed E-state index contributed by atoms with van der Waals surface area (Å²) in [6, 6.07) is 4.97. The van der Waals surface area contributed by atoms with E-state index in [0.29, 0.717) is 6.04 Å². The lowest BCUT2D eigenvalue weighted by atomic mass is 10.0. The molecule has 2 heteroatoms. The minimum Gasteiger partial charge on any atom is -0.314 e. The van der Waals surface area contributed by atoms with Crippen LogP contribution >= 0.6 is 11.3 Å². The molecule has 0 saturated heterocycles. The van der Waals surface area contributed by atoms with E-state index in [-0.39, 0.29) is 0 Å². The van der Waals surface area contributed by atoms with E-state index in [1.54, 1.807) is 0 Å². The van der Waals surface area contributed by atoms with Crippen LogP contribution < -0.4 is 5.32 Å². The van der Waals surface area contributed by atoms with E-state index in [0.717, 1.165) is 19.4 Å². The molecule has 1 atom stereocenters. The van der Waals surface area contributed by atoms with Crippen LogP contribution in [0.2, 0.25) is 0 Å². The van der Waals surface area contributed by atoms with Crippen LogP contribution in [0.3, 0.4) is 0 Å². The minimum absolute atomic E-state index is 0.607. The number of hydrogen-bond acceptors (Lipinski definition) is 2. The Balaban J connectivity index is 2.39. The zero-order valence-corrected chi connectivity index (χ0v) is 11.3. The molecule has 1 unspecified atom stereocenters. The van der Waals surface area contributed by atoms with Crippen molar-refractivity contribution in [3.8, 4) is 0 Å². The molecule has 0 spiro atoms. The molecule has 1 rings (SSSR count). The third-order valence-corrected chi connectivity index (χ3v) is 3.53. The summed E-state index contributed by atoms with van der Waals surface area (Å²) < 4.78 is 0. The number of rotatable bonds is 8. The highest BCUT2D eigenvalue weighted by molar-refractivity contribution is 7.09. The molecule has 0 aromatic carbocycles. The Bertz CT molecular complexity index is 290. The van der Waals surface area contributed by atoms with E-state index < -0.39 is 0 Å². The summed E-state index contributed by atoms with van der Waals surface area (Å²) >= 11 is 1.86. The van der Waals surface area contributed by atoms with Gasteiger partial charge < -0.3 is 5.32 Å². The van der Waals surface area contributed by atoms with Gasteiger partial charge in [-0.25, -0.2) is 0 Å². The Kier molecular flexibility index (Phi) is 6.43. The van der Waals surface area contributed by atoms with Crippen molar-refractivity contribution in [1.82, 2.24) is 5.32 Å². The van der Waals surface area contributed by atoms with Crippen molar-refractivity contribution in [2.75, 3.05) is 6.54 Å². The van der Waals surface area contributed by atoms with Crippen molar-refractivity contribution in [1.29, 1.82) is 0 Å². The lowest BCUT2D eigenvalue weighted by molar-refractivity contribution is 0.479. The van der Waals surface area contributed by atoms with Crippen molar-refractivity contribution in [2.24, 2.45) is 0 Å². The molecule has 1 nitrogen and oxygen atoms in total. The summed E-state index contributed by atoms with van der Waals surface area (Å²) in [5.41, 5.74) is 1.29. The van der Waals surface area contributed by atoms with Crippen molar-refractivity contribution >= 4 is 11.3 Å². The normalized spacial score (nSPS) is 12.6. The molecule has 0 radical (unpaired) electrons. The van der Waals surface area contributed by atoms with E-state index in [1.807, 2.05) is 11.3 Å². The van der Waals surface area contributed by atoms with Crippen LogP contribution in [0.25, 0.3) is 0 Å². The van der Waals surface area contributed by atoms with Crippen LogP contribution in [-0.4, -0.2) is 12.6 Å². The van der Waals surface area contributed by atoms with E-state index in [9.17, 15) is 0 Å². The average molecular weight is 237 g/mol. The Hall–Kier alpha value is -0.600. The monoisotopic (exact) mass is 237 g/mol. The lowest BCUT2D eigenvalue weighted by Gasteiger charge is -2.17. The Labute approximate surface area is 104 Å². The summed E-state index contributed by atoms with van der Waals surface area (Å²) in [7, 11) is 0. The second kappa shape index (κ2) is 7.64. The largest absolute Gasteiger partial charge is 0.314 e. The van der Waals surface area contributed by atoms with Crippen molar-refractivity contribution in [3.05, 3.63) is 34.5 Å². The molecule has 0 amide bonds. The molecular weight excluding hydrogens is 214 g/mol. The molecule has 1 aromatic rings. The highest BCUT2D eigenvalue weighted by Crippen LogP contribution is 2.15. The minimum atomic E-state index is 0.607. The van der Waals surface area contributed by atoms with Gasteiger partial charge in [0.2, 0.25) is 0 Å². The van der Waals surface area contributed by atoms with Gasteiger partial charge in [0.1, 0.15) is 0 Å². The van der Waals surface area contributed by atoms with Gasteiger partial charge in [-0.3, -0.25) is 0 Å². The molecule has 0 fully saturated rings. The first kappa shape index (κ1) is 13.5. The summed E-state index contributed by atoms with van der Waals surface area (Å²) in [5, 5.41) is 5.79. The number of hydrogen-bond donors (Lipinski definition) is 1. The van der Waals surface area contributed by atoms with Crippen molar-refractivity contribution < 1.29 is 0 Å². The Morgan fingerprint density at radius 3 is 2.94 bits per heavy atom. The van der Waals surface area contributed by atoms with Gasteiger partial charge in [0.15, 0.2) is 0 Å². The SMILES string of the molecule is C=C(C)CCC(Cc1cccs1)NCCC. The van der Waals surface area contributed by atoms with Crippen molar-refractivity contribution in [3.63, 3.8) is 0 Å². The van der Waals surface area contributed by atoms with Crippen molar-refractivity contribution in [2.45, 2.75) is 45.6 Å². The van der Waals surface area contributed by atoms with Gasteiger partial charge in [-0.05, 0) is 50.6 Å². The summed E-state index contributed by atoms with van der Waals surface area (Å²) in [6.45, 7) is 9.43. The van der Waals surface area contributed by atoms with Crippen LogP contribution in [0.1, 0.15) is 38.0 Å². The zero-order chi connectivity index (χ0) is 11.8. The Morgan fingerprint density at radius 1 is 1.56 bits per heavy atom. The van der Waals surface area contributed by atoms with Gasteiger partial charge in [-0.1, -0.05) is 18.6 Å². The predicted molar refractivity (Wildman–Crippen MR) is 74.2 cm³/mol. The van der Waals surface area contributed by atoms with E-state index >= 15 is 0 Å². The first-order valence-electron chi connectivity index (χ1n) is 6.12. The van der Waals surface area contributed by atoms with Gasteiger partial charge in [0, 0.05) is 10.9 Å². The summed E-state index contributed by atoms with van der Waals surface area (Å²) in [5.74, 6) is 0. The summed E-state index contributed by atoms with van der Waals surface area (Å²) in [6.07, 6.45) is 4.69. The van der Waals surface area contributed by atoms with Gasteiger partial charge in [-0.15, -0.1) is 17.9 Å². The first-order chi connectivity index (χ1) is 7.72. The van der Waals surface area contributed by atoms with E-state index in [1.165, 1.54) is 23.3 Å². The zero-order valence-electron chi connectivity index (χ0n) is 10.5. The molecule has 90 valence electrons.